The van der Waals surface area contributed by atoms with Crippen molar-refractivity contribution in [3.05, 3.63) is 29.8 Å². The molecule has 1 aromatic carbocycles. The molecule has 1 aliphatic carbocycles. The minimum Gasteiger partial charge on any atom is -0.508 e. The summed E-state index contributed by atoms with van der Waals surface area (Å²) < 4.78 is 0. The van der Waals surface area contributed by atoms with Gasteiger partial charge in [0.2, 0.25) is 5.91 Å². The number of benzene rings is 1. The molecule has 5 heteroatoms. The van der Waals surface area contributed by atoms with E-state index in [9.17, 15) is 19.8 Å². The molecule has 1 saturated carbocycles. The molecule has 5 nitrogen and oxygen atoms in total. The summed E-state index contributed by atoms with van der Waals surface area (Å²) >= 11 is 0. The predicted octanol–water partition coefficient (Wildman–Crippen LogP) is 2.97. The number of carboxylic acid groups (broad SMARTS) is 1. The average molecular weight is 333 g/mol. The van der Waals surface area contributed by atoms with Crippen LogP contribution < -0.4 is 5.32 Å². The largest absolute Gasteiger partial charge is 0.508 e. The maximum atomic E-state index is 12.4. The Labute approximate surface area is 143 Å². The number of hydrogen-bond donors (Lipinski definition) is 3. The second-order valence-electron chi connectivity index (χ2n) is 7.13. The van der Waals surface area contributed by atoms with E-state index < -0.39 is 12.0 Å². The first-order chi connectivity index (χ1) is 11.4. The van der Waals surface area contributed by atoms with Crippen LogP contribution in [0, 0.1) is 17.8 Å². The van der Waals surface area contributed by atoms with E-state index in [1.54, 1.807) is 12.1 Å². The van der Waals surface area contributed by atoms with E-state index in [1.165, 1.54) is 12.1 Å². The van der Waals surface area contributed by atoms with Crippen molar-refractivity contribution in [2.24, 2.45) is 17.8 Å². The molecule has 0 radical (unpaired) electrons. The van der Waals surface area contributed by atoms with Crippen LogP contribution in [0.15, 0.2) is 24.3 Å². The summed E-state index contributed by atoms with van der Waals surface area (Å²) in [5, 5.41) is 21.4. The van der Waals surface area contributed by atoms with Crippen molar-refractivity contribution in [2.45, 2.75) is 52.0 Å². The number of carbonyl (C=O) groups excluding carboxylic acids is 1. The van der Waals surface area contributed by atoms with Crippen LogP contribution in [0.1, 0.15) is 45.1 Å². The number of carboxylic acids is 1. The van der Waals surface area contributed by atoms with Crippen molar-refractivity contribution in [1.29, 1.82) is 0 Å². The fourth-order valence-electron chi connectivity index (χ4n) is 3.41. The SMILES string of the molecule is CC(C)C1CCC(C(=O)N[C@H](Cc2ccc(O)cc2)C(=O)O)CC1. The number of aromatic hydroxyl groups is 1. The number of aliphatic carboxylic acids is 1. The lowest BCUT2D eigenvalue weighted by atomic mass is 9.76. The molecule has 1 fully saturated rings. The first kappa shape index (κ1) is 18.3. The van der Waals surface area contributed by atoms with Crippen molar-refractivity contribution in [2.75, 3.05) is 0 Å². The molecular formula is C19H27NO4. The van der Waals surface area contributed by atoms with Gasteiger partial charge in [0.25, 0.3) is 0 Å². The van der Waals surface area contributed by atoms with Gasteiger partial charge in [-0.3, -0.25) is 4.79 Å². The van der Waals surface area contributed by atoms with Gasteiger partial charge in [-0.1, -0.05) is 26.0 Å². The van der Waals surface area contributed by atoms with E-state index in [2.05, 4.69) is 19.2 Å². The van der Waals surface area contributed by atoms with Gasteiger partial charge in [-0.25, -0.2) is 4.79 Å². The summed E-state index contributed by atoms with van der Waals surface area (Å²) in [6.45, 7) is 4.42. The quantitative estimate of drug-likeness (QED) is 0.747. The monoisotopic (exact) mass is 333 g/mol. The highest BCUT2D eigenvalue weighted by atomic mass is 16.4. The Balaban J connectivity index is 1.92. The molecule has 0 aliphatic heterocycles. The van der Waals surface area contributed by atoms with Crippen molar-refractivity contribution in [1.82, 2.24) is 5.32 Å². The molecule has 3 N–H and O–H groups in total. The highest BCUT2D eigenvalue weighted by Crippen LogP contribution is 2.33. The van der Waals surface area contributed by atoms with Crippen LogP contribution in [0.25, 0.3) is 0 Å². The van der Waals surface area contributed by atoms with E-state index in [-0.39, 0.29) is 24.0 Å². The summed E-state index contributed by atoms with van der Waals surface area (Å²) in [4.78, 5) is 23.9. The van der Waals surface area contributed by atoms with Crippen LogP contribution in [0.4, 0.5) is 0 Å². The standard InChI is InChI=1S/C19H27NO4/c1-12(2)14-5-7-15(8-6-14)18(22)20-17(19(23)24)11-13-3-9-16(21)10-4-13/h3-4,9-10,12,14-15,17,21H,5-8,11H2,1-2H3,(H,20,22)(H,23,24)/t14?,15?,17-/m1/s1. The van der Waals surface area contributed by atoms with Gasteiger partial charge in [-0.2, -0.15) is 0 Å². The smallest absolute Gasteiger partial charge is 0.326 e. The molecule has 132 valence electrons. The van der Waals surface area contributed by atoms with Gasteiger partial charge in [-0.05, 0) is 55.2 Å². The van der Waals surface area contributed by atoms with Gasteiger partial charge in [0.15, 0.2) is 0 Å². The summed E-state index contributed by atoms with van der Waals surface area (Å²) in [6.07, 6.45) is 3.94. The zero-order chi connectivity index (χ0) is 17.7. The lowest BCUT2D eigenvalue weighted by Gasteiger charge is -2.30. The first-order valence-electron chi connectivity index (χ1n) is 8.68. The van der Waals surface area contributed by atoms with Crippen molar-refractivity contribution in [3.63, 3.8) is 0 Å². The second kappa shape index (κ2) is 8.18. The zero-order valence-electron chi connectivity index (χ0n) is 14.4. The number of phenolic OH excluding ortho intramolecular Hbond substituents is 1. The van der Waals surface area contributed by atoms with Crippen LogP contribution in [0.5, 0.6) is 5.75 Å². The summed E-state index contributed by atoms with van der Waals surface area (Å²) in [6, 6.07) is 5.44. The molecule has 1 atom stereocenters. The molecule has 1 aliphatic rings. The van der Waals surface area contributed by atoms with Crippen molar-refractivity contribution in [3.8, 4) is 5.75 Å². The number of carbonyl (C=O) groups is 2. The minimum atomic E-state index is -1.03. The lowest BCUT2D eigenvalue weighted by Crippen LogP contribution is -2.45. The Kier molecular flexibility index (Phi) is 6.23. The van der Waals surface area contributed by atoms with Gasteiger partial charge in [0.05, 0.1) is 0 Å². The summed E-state index contributed by atoms with van der Waals surface area (Å²) in [5.41, 5.74) is 0.768. The van der Waals surface area contributed by atoms with Crippen LogP contribution in [-0.4, -0.2) is 28.1 Å². The number of nitrogens with one attached hydrogen (secondary N) is 1. The summed E-state index contributed by atoms with van der Waals surface area (Å²) in [7, 11) is 0. The van der Waals surface area contributed by atoms with E-state index in [4.69, 9.17) is 0 Å². The molecule has 0 saturated heterocycles. The Hall–Kier alpha value is -2.04. The maximum Gasteiger partial charge on any atom is 0.326 e. The third kappa shape index (κ3) is 4.98. The number of phenols is 1. The maximum absolute atomic E-state index is 12.4. The second-order valence-corrected chi connectivity index (χ2v) is 7.13. The molecule has 0 unspecified atom stereocenters. The van der Waals surface area contributed by atoms with Crippen LogP contribution in [0.2, 0.25) is 0 Å². The Morgan fingerprint density at radius 3 is 2.21 bits per heavy atom. The topological polar surface area (TPSA) is 86.6 Å². The average Bonchev–Trinajstić information content (AvgIpc) is 2.56. The third-order valence-electron chi connectivity index (χ3n) is 5.08. The van der Waals surface area contributed by atoms with Crippen LogP contribution in [-0.2, 0) is 16.0 Å². The molecular weight excluding hydrogens is 306 g/mol. The van der Waals surface area contributed by atoms with Crippen molar-refractivity contribution >= 4 is 11.9 Å². The number of rotatable bonds is 6. The highest BCUT2D eigenvalue weighted by molar-refractivity contribution is 5.85. The van der Waals surface area contributed by atoms with Crippen LogP contribution in [0.3, 0.4) is 0 Å². The van der Waals surface area contributed by atoms with Gasteiger partial charge < -0.3 is 15.5 Å². The normalized spacial score (nSPS) is 22.1. The number of amides is 1. The molecule has 24 heavy (non-hydrogen) atoms. The van der Waals surface area contributed by atoms with Gasteiger partial charge in [-0.15, -0.1) is 0 Å². The van der Waals surface area contributed by atoms with Gasteiger partial charge >= 0.3 is 5.97 Å². The summed E-state index contributed by atoms with van der Waals surface area (Å²) in [5.74, 6) is 0.172. The zero-order valence-corrected chi connectivity index (χ0v) is 14.4. The van der Waals surface area contributed by atoms with E-state index in [1.807, 2.05) is 0 Å². The minimum absolute atomic E-state index is 0.0818. The van der Waals surface area contributed by atoms with E-state index in [0.29, 0.717) is 11.8 Å². The molecule has 1 amide bonds. The highest BCUT2D eigenvalue weighted by Gasteiger charge is 2.30. The fourth-order valence-corrected chi connectivity index (χ4v) is 3.41. The fraction of sp³-hybridized carbons (Fsp3) is 0.579. The number of hydrogen-bond acceptors (Lipinski definition) is 3. The predicted molar refractivity (Wildman–Crippen MR) is 91.7 cm³/mol. The van der Waals surface area contributed by atoms with Gasteiger partial charge in [0.1, 0.15) is 11.8 Å². The van der Waals surface area contributed by atoms with E-state index in [0.717, 1.165) is 31.2 Å². The molecule has 0 bridgehead atoms. The van der Waals surface area contributed by atoms with Crippen molar-refractivity contribution < 1.29 is 19.8 Å². The third-order valence-corrected chi connectivity index (χ3v) is 5.08. The van der Waals surface area contributed by atoms with Gasteiger partial charge in [0, 0.05) is 12.3 Å². The van der Waals surface area contributed by atoms with Crippen LogP contribution >= 0.6 is 0 Å². The molecule has 0 aromatic heterocycles. The Morgan fingerprint density at radius 2 is 1.71 bits per heavy atom. The molecule has 0 spiro atoms. The Bertz CT molecular complexity index is 559. The first-order valence-corrected chi connectivity index (χ1v) is 8.68. The Morgan fingerprint density at radius 1 is 1.12 bits per heavy atom. The molecule has 0 heterocycles. The molecule has 1 aromatic rings. The molecule has 2 rings (SSSR count). The van der Waals surface area contributed by atoms with E-state index >= 15 is 0 Å². The lowest BCUT2D eigenvalue weighted by molar-refractivity contribution is -0.142.